The number of nitrogens with zero attached hydrogens (tertiary/aromatic N) is 1. The Labute approximate surface area is 82.2 Å². The van der Waals surface area contributed by atoms with E-state index in [1.807, 2.05) is 0 Å². The van der Waals surface area contributed by atoms with Gasteiger partial charge in [-0.25, -0.2) is 22.9 Å². The third-order valence-electron chi connectivity index (χ3n) is 1.08. The predicted octanol–water partition coefficient (Wildman–Crippen LogP) is 0.473. The number of hydrogen-bond acceptors (Lipinski definition) is 3. The van der Waals surface area contributed by atoms with E-state index < -0.39 is 15.8 Å². The minimum absolute atomic E-state index is 0.163. The Bertz CT molecular complexity index is 406. The van der Waals surface area contributed by atoms with Crippen molar-refractivity contribution in [3.8, 4) is 0 Å². The van der Waals surface area contributed by atoms with Crippen LogP contribution in [0.25, 0.3) is 0 Å². The average molecular weight is 302 g/mol. The van der Waals surface area contributed by atoms with Crippen LogP contribution in [0.15, 0.2) is 17.2 Å². The summed E-state index contributed by atoms with van der Waals surface area (Å²) in [6.07, 6.45) is 0.927. The van der Waals surface area contributed by atoms with E-state index in [0.717, 1.165) is 12.3 Å². The van der Waals surface area contributed by atoms with Gasteiger partial charge in [0, 0.05) is 0 Å². The molecule has 0 radical (unpaired) electrons. The summed E-state index contributed by atoms with van der Waals surface area (Å²) in [5.74, 6) is -0.723. The molecule has 0 atom stereocenters. The standard InChI is InChI=1S/C5H4FIN2O2S/c6-3-1-4(12(8,10)11)5(7)9-2-3/h1-2H,(H2,8,10,11). The number of rotatable bonds is 1. The molecule has 1 aromatic heterocycles. The molecule has 0 aliphatic heterocycles. The normalized spacial score (nSPS) is 11.6. The Balaban J connectivity index is 3.43. The second-order valence-corrected chi connectivity index (χ2v) is 4.54. The van der Waals surface area contributed by atoms with E-state index in [2.05, 4.69) is 4.98 Å². The van der Waals surface area contributed by atoms with Crippen molar-refractivity contribution in [3.05, 3.63) is 21.8 Å². The van der Waals surface area contributed by atoms with E-state index >= 15 is 0 Å². The molecule has 2 N–H and O–H groups in total. The summed E-state index contributed by atoms with van der Waals surface area (Å²) in [6, 6.07) is 0.837. The largest absolute Gasteiger partial charge is 0.246 e. The van der Waals surface area contributed by atoms with E-state index in [-0.39, 0.29) is 8.60 Å². The summed E-state index contributed by atoms with van der Waals surface area (Å²) in [5.41, 5.74) is 0. The Morgan fingerprint density at radius 3 is 2.58 bits per heavy atom. The third-order valence-corrected chi connectivity index (χ3v) is 3.23. The van der Waals surface area contributed by atoms with E-state index in [1.165, 1.54) is 0 Å². The van der Waals surface area contributed by atoms with Crippen LogP contribution in [0.2, 0.25) is 0 Å². The maximum atomic E-state index is 12.5. The molecule has 0 fully saturated rings. The zero-order valence-electron chi connectivity index (χ0n) is 5.66. The van der Waals surface area contributed by atoms with Crippen LogP contribution in [0.4, 0.5) is 4.39 Å². The van der Waals surface area contributed by atoms with Gasteiger partial charge in [-0.2, -0.15) is 0 Å². The zero-order chi connectivity index (χ0) is 9.35. The number of aromatic nitrogens is 1. The van der Waals surface area contributed by atoms with Crippen molar-refractivity contribution in [3.63, 3.8) is 0 Å². The van der Waals surface area contributed by atoms with Crippen LogP contribution in [0.3, 0.4) is 0 Å². The highest BCUT2D eigenvalue weighted by Gasteiger charge is 2.13. The monoisotopic (exact) mass is 302 g/mol. The van der Waals surface area contributed by atoms with Crippen molar-refractivity contribution < 1.29 is 12.8 Å². The second kappa shape index (κ2) is 3.23. The molecule has 66 valence electrons. The molecule has 0 aromatic carbocycles. The molecule has 0 saturated carbocycles. The summed E-state index contributed by atoms with van der Waals surface area (Å²) >= 11 is 1.67. The molecule has 1 heterocycles. The van der Waals surface area contributed by atoms with Gasteiger partial charge in [0.1, 0.15) is 14.4 Å². The van der Waals surface area contributed by atoms with Crippen LogP contribution < -0.4 is 5.14 Å². The Hall–Kier alpha value is -0.280. The molecule has 0 saturated heterocycles. The van der Waals surface area contributed by atoms with Gasteiger partial charge >= 0.3 is 0 Å². The van der Waals surface area contributed by atoms with E-state index in [1.54, 1.807) is 22.6 Å². The lowest BCUT2D eigenvalue weighted by Crippen LogP contribution is -2.14. The van der Waals surface area contributed by atoms with E-state index in [4.69, 9.17) is 5.14 Å². The molecule has 4 nitrogen and oxygen atoms in total. The van der Waals surface area contributed by atoms with Crippen molar-refractivity contribution in [2.75, 3.05) is 0 Å². The van der Waals surface area contributed by atoms with Crippen LogP contribution in [0.1, 0.15) is 0 Å². The smallest absolute Gasteiger partial charge is 0.240 e. The Morgan fingerprint density at radius 2 is 2.17 bits per heavy atom. The first-order valence-electron chi connectivity index (χ1n) is 2.75. The lowest BCUT2D eigenvalue weighted by Gasteiger charge is -1.99. The van der Waals surface area contributed by atoms with Gasteiger partial charge in [0.05, 0.1) is 6.20 Å². The molecule has 0 spiro atoms. The molecule has 1 aromatic rings. The molecular weight excluding hydrogens is 298 g/mol. The maximum Gasteiger partial charge on any atom is 0.240 e. The Kier molecular flexibility index (Phi) is 2.64. The van der Waals surface area contributed by atoms with Gasteiger partial charge in [0.2, 0.25) is 10.0 Å². The first kappa shape index (κ1) is 9.81. The molecule has 0 unspecified atom stereocenters. The summed E-state index contributed by atoms with van der Waals surface area (Å²) in [5, 5.41) is 4.79. The highest BCUT2D eigenvalue weighted by molar-refractivity contribution is 14.1. The number of nitrogens with two attached hydrogens (primary N) is 1. The fraction of sp³-hybridized carbons (Fsp3) is 0. The first-order valence-corrected chi connectivity index (χ1v) is 5.37. The fourth-order valence-electron chi connectivity index (χ4n) is 0.604. The average Bonchev–Trinajstić information content (AvgIpc) is 1.92. The maximum absolute atomic E-state index is 12.5. The van der Waals surface area contributed by atoms with Gasteiger partial charge in [-0.3, -0.25) is 0 Å². The lowest BCUT2D eigenvalue weighted by atomic mass is 10.5. The van der Waals surface area contributed by atoms with Gasteiger partial charge < -0.3 is 0 Å². The number of pyridine rings is 1. The third kappa shape index (κ3) is 2.11. The molecule has 0 aliphatic carbocycles. The quantitative estimate of drug-likeness (QED) is 0.605. The Morgan fingerprint density at radius 1 is 1.58 bits per heavy atom. The predicted molar refractivity (Wildman–Crippen MR) is 48.3 cm³/mol. The summed E-state index contributed by atoms with van der Waals surface area (Å²) in [6.45, 7) is 0. The molecule has 0 aliphatic rings. The fourth-order valence-corrected chi connectivity index (χ4v) is 2.38. The number of hydrogen-bond donors (Lipinski definition) is 1. The highest BCUT2D eigenvalue weighted by Crippen LogP contribution is 2.14. The van der Waals surface area contributed by atoms with Crippen LogP contribution in [0, 0.1) is 9.52 Å². The molecule has 0 bridgehead atoms. The highest BCUT2D eigenvalue weighted by atomic mass is 127. The molecule has 7 heteroatoms. The van der Waals surface area contributed by atoms with Crippen LogP contribution in [-0.2, 0) is 10.0 Å². The molecule has 0 amide bonds. The van der Waals surface area contributed by atoms with Crippen molar-refractivity contribution in [1.29, 1.82) is 0 Å². The summed E-state index contributed by atoms with van der Waals surface area (Å²) < 4.78 is 34.2. The first-order chi connectivity index (χ1) is 5.41. The molecular formula is C5H4FIN2O2S. The minimum Gasteiger partial charge on any atom is -0.246 e. The molecule has 12 heavy (non-hydrogen) atoms. The SMILES string of the molecule is NS(=O)(=O)c1cc(F)cnc1I. The number of sulfonamides is 1. The topological polar surface area (TPSA) is 73.1 Å². The van der Waals surface area contributed by atoms with Gasteiger partial charge in [-0.05, 0) is 28.7 Å². The van der Waals surface area contributed by atoms with Crippen LogP contribution >= 0.6 is 22.6 Å². The zero-order valence-corrected chi connectivity index (χ0v) is 8.63. The second-order valence-electron chi connectivity index (χ2n) is 1.99. The molecule has 1 rings (SSSR count). The number of primary sulfonamides is 1. The number of halogens is 2. The summed E-state index contributed by atoms with van der Waals surface area (Å²) in [4.78, 5) is 3.21. The van der Waals surface area contributed by atoms with Crippen molar-refractivity contribution in [2.24, 2.45) is 5.14 Å². The van der Waals surface area contributed by atoms with Crippen molar-refractivity contribution >= 4 is 32.6 Å². The van der Waals surface area contributed by atoms with Crippen molar-refractivity contribution in [2.45, 2.75) is 4.90 Å². The van der Waals surface area contributed by atoms with Crippen LogP contribution in [0.5, 0.6) is 0 Å². The van der Waals surface area contributed by atoms with Gasteiger partial charge in [0.25, 0.3) is 0 Å². The van der Waals surface area contributed by atoms with Gasteiger partial charge in [-0.1, -0.05) is 0 Å². The van der Waals surface area contributed by atoms with Gasteiger partial charge in [-0.15, -0.1) is 0 Å². The van der Waals surface area contributed by atoms with Crippen molar-refractivity contribution in [1.82, 2.24) is 4.98 Å². The lowest BCUT2D eigenvalue weighted by molar-refractivity contribution is 0.588. The minimum atomic E-state index is -3.87. The van der Waals surface area contributed by atoms with Gasteiger partial charge in [0.15, 0.2) is 0 Å². The summed E-state index contributed by atoms with van der Waals surface area (Å²) in [7, 11) is -3.87. The van der Waals surface area contributed by atoms with E-state index in [0.29, 0.717) is 0 Å². The van der Waals surface area contributed by atoms with Crippen LogP contribution in [-0.4, -0.2) is 13.4 Å². The van der Waals surface area contributed by atoms with E-state index in [9.17, 15) is 12.8 Å².